The first kappa shape index (κ1) is 20.3. The van der Waals surface area contributed by atoms with Crippen molar-refractivity contribution in [2.75, 3.05) is 12.0 Å². The van der Waals surface area contributed by atoms with Crippen LogP contribution < -0.4 is 15.1 Å². The van der Waals surface area contributed by atoms with Crippen LogP contribution >= 0.6 is 15.9 Å². The minimum Gasteiger partial charge on any atom is -0.504 e. The molecule has 8 heteroatoms. The van der Waals surface area contributed by atoms with Gasteiger partial charge in [-0.3, -0.25) is 14.5 Å². The molecular weight excluding hydrogens is 481 g/mol. The van der Waals surface area contributed by atoms with E-state index in [0.717, 1.165) is 10.5 Å². The van der Waals surface area contributed by atoms with E-state index in [0.29, 0.717) is 11.3 Å². The topological polar surface area (TPSA) is 80.0 Å². The average molecular weight is 496 g/mol. The number of ether oxygens (including phenoxy) is 1. The second-order valence-electron chi connectivity index (χ2n) is 7.30. The summed E-state index contributed by atoms with van der Waals surface area (Å²) in [6.07, 6.45) is 0. The number of halogens is 2. The highest BCUT2D eigenvalue weighted by atomic mass is 79.9. The molecule has 1 atom stereocenters. The van der Waals surface area contributed by atoms with Crippen molar-refractivity contribution in [3.05, 3.63) is 98.1 Å². The fourth-order valence-electron chi connectivity index (χ4n) is 3.99. The highest BCUT2D eigenvalue weighted by Crippen LogP contribution is 2.43. The number of phenolic OH excluding ortho intramolecular Hbond substituents is 1. The minimum absolute atomic E-state index is 0.0462. The predicted octanol–water partition coefficient (Wildman–Crippen LogP) is 5.16. The molecule has 0 bridgehead atoms. The lowest BCUT2D eigenvalue weighted by molar-refractivity contribution is 0.0971. The summed E-state index contributed by atoms with van der Waals surface area (Å²) < 4.78 is 25.7. The van der Waals surface area contributed by atoms with Gasteiger partial charge in [0, 0.05) is 10.2 Å². The van der Waals surface area contributed by atoms with Crippen LogP contribution in [0.5, 0.6) is 11.5 Å². The first-order valence-electron chi connectivity index (χ1n) is 9.61. The fraction of sp³-hybridized carbons (Fsp3) is 0.0833. The van der Waals surface area contributed by atoms with E-state index in [1.807, 2.05) is 0 Å². The SMILES string of the molecule is COc1cc(C2c3c(oc4ccc(F)cc4c3=O)C(=O)N2c2ccc(Br)cc2)ccc1O. The maximum atomic E-state index is 13.9. The average Bonchev–Trinajstić information content (AvgIpc) is 3.08. The molecule has 1 aliphatic heterocycles. The highest BCUT2D eigenvalue weighted by Gasteiger charge is 2.44. The van der Waals surface area contributed by atoms with Crippen LogP contribution in [0, 0.1) is 5.82 Å². The van der Waals surface area contributed by atoms with Gasteiger partial charge in [0.05, 0.1) is 24.1 Å². The van der Waals surface area contributed by atoms with Crippen molar-refractivity contribution >= 4 is 38.5 Å². The molecule has 6 nitrogen and oxygen atoms in total. The van der Waals surface area contributed by atoms with Gasteiger partial charge in [-0.2, -0.15) is 0 Å². The van der Waals surface area contributed by atoms with Crippen LogP contribution in [0.1, 0.15) is 27.7 Å². The van der Waals surface area contributed by atoms with Crippen LogP contribution in [-0.4, -0.2) is 18.1 Å². The van der Waals surface area contributed by atoms with Crippen molar-refractivity contribution < 1.29 is 23.4 Å². The number of nitrogens with zero attached hydrogens (tertiary/aromatic N) is 1. The standard InChI is InChI=1S/C24H15BrFNO5/c1-31-19-10-12(2-8-17(19)28)21-20-22(29)16-11-14(26)5-9-18(16)32-23(20)24(30)27(21)15-6-3-13(25)4-7-15/h2-11,21,28H,1H3. The molecule has 0 radical (unpaired) electrons. The summed E-state index contributed by atoms with van der Waals surface area (Å²) in [5.74, 6) is -1.07. The molecule has 0 aliphatic carbocycles. The van der Waals surface area contributed by atoms with Crippen molar-refractivity contribution in [3.8, 4) is 11.5 Å². The molecule has 0 saturated carbocycles. The van der Waals surface area contributed by atoms with E-state index < -0.39 is 23.2 Å². The van der Waals surface area contributed by atoms with E-state index in [-0.39, 0.29) is 33.8 Å². The lowest BCUT2D eigenvalue weighted by atomic mass is 9.97. The molecule has 3 aromatic carbocycles. The molecule has 5 rings (SSSR count). The number of methoxy groups -OCH3 is 1. The van der Waals surface area contributed by atoms with Gasteiger partial charge in [0.1, 0.15) is 11.4 Å². The number of phenols is 1. The van der Waals surface area contributed by atoms with Gasteiger partial charge in [-0.15, -0.1) is 0 Å². The Bertz CT molecular complexity index is 1450. The third-order valence-electron chi connectivity index (χ3n) is 5.46. The van der Waals surface area contributed by atoms with Crippen molar-refractivity contribution in [3.63, 3.8) is 0 Å². The Labute approximate surface area is 189 Å². The van der Waals surface area contributed by atoms with Crippen molar-refractivity contribution in [2.45, 2.75) is 6.04 Å². The van der Waals surface area contributed by atoms with Gasteiger partial charge in [0.2, 0.25) is 5.76 Å². The molecule has 1 aliphatic rings. The maximum absolute atomic E-state index is 13.9. The van der Waals surface area contributed by atoms with Crippen LogP contribution in [0.4, 0.5) is 10.1 Å². The lowest BCUT2D eigenvalue weighted by Crippen LogP contribution is -2.29. The van der Waals surface area contributed by atoms with E-state index in [1.165, 1.54) is 30.2 Å². The van der Waals surface area contributed by atoms with Gasteiger partial charge >= 0.3 is 0 Å². The third-order valence-corrected chi connectivity index (χ3v) is 5.99. The molecule has 1 N–H and O–H groups in total. The van der Waals surface area contributed by atoms with Gasteiger partial charge in [0.25, 0.3) is 5.91 Å². The van der Waals surface area contributed by atoms with Gasteiger partial charge in [-0.25, -0.2) is 4.39 Å². The summed E-state index contributed by atoms with van der Waals surface area (Å²) in [5, 5.41) is 10.1. The molecule has 2 heterocycles. The molecule has 4 aromatic rings. The first-order valence-corrected chi connectivity index (χ1v) is 10.4. The zero-order valence-corrected chi connectivity index (χ0v) is 18.2. The Kier molecular flexibility index (Phi) is 4.74. The number of carbonyl (C=O) groups is 1. The van der Waals surface area contributed by atoms with E-state index in [4.69, 9.17) is 9.15 Å². The van der Waals surface area contributed by atoms with Crippen LogP contribution in [-0.2, 0) is 0 Å². The molecule has 1 unspecified atom stereocenters. The molecule has 0 fully saturated rings. The molecule has 1 amide bonds. The summed E-state index contributed by atoms with van der Waals surface area (Å²) in [4.78, 5) is 28.4. The van der Waals surface area contributed by atoms with Crippen LogP contribution in [0.15, 0.2) is 74.3 Å². The van der Waals surface area contributed by atoms with Crippen LogP contribution in [0.3, 0.4) is 0 Å². The molecule has 0 saturated heterocycles. The smallest absolute Gasteiger partial charge is 0.295 e. The second kappa shape index (κ2) is 7.49. The Morgan fingerprint density at radius 1 is 1.06 bits per heavy atom. The number of aromatic hydroxyl groups is 1. The quantitative estimate of drug-likeness (QED) is 0.424. The number of benzene rings is 3. The number of hydrogen-bond acceptors (Lipinski definition) is 5. The van der Waals surface area contributed by atoms with Crippen LogP contribution in [0.25, 0.3) is 11.0 Å². The number of rotatable bonds is 3. The van der Waals surface area contributed by atoms with Crippen molar-refractivity contribution in [1.82, 2.24) is 0 Å². The highest BCUT2D eigenvalue weighted by molar-refractivity contribution is 9.10. The monoisotopic (exact) mass is 495 g/mol. The van der Waals surface area contributed by atoms with E-state index in [1.54, 1.807) is 36.4 Å². The Morgan fingerprint density at radius 3 is 2.53 bits per heavy atom. The molecule has 160 valence electrons. The second-order valence-corrected chi connectivity index (χ2v) is 8.22. The van der Waals surface area contributed by atoms with E-state index >= 15 is 0 Å². The zero-order chi connectivity index (χ0) is 22.6. The Hall–Kier alpha value is -3.65. The normalized spacial score (nSPS) is 15.3. The summed E-state index contributed by atoms with van der Waals surface area (Å²) in [6.45, 7) is 0. The summed E-state index contributed by atoms with van der Waals surface area (Å²) in [7, 11) is 1.41. The molecule has 32 heavy (non-hydrogen) atoms. The van der Waals surface area contributed by atoms with Gasteiger partial charge < -0.3 is 14.3 Å². The van der Waals surface area contributed by atoms with Gasteiger partial charge in [0.15, 0.2) is 16.9 Å². The lowest BCUT2D eigenvalue weighted by Gasteiger charge is -2.25. The molecular formula is C24H15BrFNO5. The first-order chi connectivity index (χ1) is 15.4. The Morgan fingerprint density at radius 2 is 1.81 bits per heavy atom. The maximum Gasteiger partial charge on any atom is 0.295 e. The van der Waals surface area contributed by atoms with Gasteiger partial charge in [-0.05, 0) is 60.2 Å². The predicted molar refractivity (Wildman–Crippen MR) is 120 cm³/mol. The fourth-order valence-corrected chi connectivity index (χ4v) is 4.26. The number of carbonyl (C=O) groups excluding carboxylic acids is 1. The number of hydrogen-bond donors (Lipinski definition) is 1. The van der Waals surface area contributed by atoms with Crippen molar-refractivity contribution in [1.29, 1.82) is 0 Å². The van der Waals surface area contributed by atoms with Gasteiger partial charge in [-0.1, -0.05) is 22.0 Å². The number of anilines is 1. The largest absolute Gasteiger partial charge is 0.504 e. The van der Waals surface area contributed by atoms with Crippen molar-refractivity contribution in [2.24, 2.45) is 0 Å². The summed E-state index contributed by atoms with van der Waals surface area (Å²) in [5.41, 5.74) is 0.798. The van der Waals surface area contributed by atoms with Crippen LogP contribution in [0.2, 0.25) is 0 Å². The Balaban J connectivity index is 1.82. The third kappa shape index (κ3) is 3.06. The summed E-state index contributed by atoms with van der Waals surface area (Å²) in [6, 6.07) is 14.4. The number of amides is 1. The zero-order valence-electron chi connectivity index (χ0n) is 16.6. The van der Waals surface area contributed by atoms with E-state index in [2.05, 4.69) is 15.9 Å². The molecule has 1 aromatic heterocycles. The summed E-state index contributed by atoms with van der Waals surface area (Å²) >= 11 is 3.38. The van der Waals surface area contributed by atoms with E-state index in [9.17, 15) is 19.1 Å². The molecule has 0 spiro atoms. The minimum atomic E-state index is -0.864. The number of fused-ring (bicyclic) bond motifs is 2.